The van der Waals surface area contributed by atoms with Gasteiger partial charge < -0.3 is 10.6 Å². The van der Waals surface area contributed by atoms with E-state index in [1.54, 1.807) is 11.3 Å². The molecule has 0 radical (unpaired) electrons. The topological polar surface area (TPSA) is 74.2 Å². The van der Waals surface area contributed by atoms with Crippen LogP contribution in [0.3, 0.4) is 0 Å². The van der Waals surface area contributed by atoms with E-state index in [9.17, 15) is 0 Å². The van der Waals surface area contributed by atoms with Crippen molar-refractivity contribution in [3.05, 3.63) is 69.2 Å². The van der Waals surface area contributed by atoms with Crippen LogP contribution in [0, 0.1) is 27.7 Å². The number of aryl methyl sites for hydroxylation is 4. The van der Waals surface area contributed by atoms with Crippen LogP contribution in [0.15, 0.2) is 46.8 Å². The highest BCUT2D eigenvalue weighted by Gasteiger charge is 2.08. The molecule has 3 aromatic rings. The summed E-state index contributed by atoms with van der Waals surface area (Å²) < 4.78 is 0. The first-order valence-corrected chi connectivity index (χ1v) is 11.0. The molecule has 0 bridgehead atoms. The van der Waals surface area contributed by atoms with Crippen LogP contribution in [-0.4, -0.2) is 27.6 Å². The van der Waals surface area contributed by atoms with Gasteiger partial charge in [-0.2, -0.15) is 0 Å². The van der Waals surface area contributed by atoms with Crippen LogP contribution in [-0.2, 0) is 6.42 Å². The molecule has 0 aliphatic heterocycles. The first-order valence-electron chi connectivity index (χ1n) is 9.70. The summed E-state index contributed by atoms with van der Waals surface area (Å²) in [6.45, 7) is 8.65. The number of guanidine groups is 1. The number of aromatic nitrogens is 2. The Bertz CT molecular complexity index is 1020. The summed E-state index contributed by atoms with van der Waals surface area (Å²) in [6.07, 6.45) is 0.857. The van der Waals surface area contributed by atoms with Crippen molar-refractivity contribution in [2.24, 2.45) is 4.99 Å². The highest BCUT2D eigenvalue weighted by atomic mass is 32.1. The number of benzene rings is 1. The summed E-state index contributed by atoms with van der Waals surface area (Å²) in [5.41, 5.74) is 5.15. The molecule has 6 nitrogen and oxygen atoms in total. The Balaban J connectivity index is 1.71. The van der Waals surface area contributed by atoms with Crippen molar-refractivity contribution in [3.8, 4) is 0 Å². The number of rotatable bonds is 5. The Morgan fingerprint density at radius 3 is 2.43 bits per heavy atom. The van der Waals surface area contributed by atoms with Crippen LogP contribution < -0.4 is 16.0 Å². The number of hydrogen-bond donors (Lipinski definition) is 3. The standard InChI is InChI=1S/C22H26N6S2/c1-14-7-8-18(12-15(14)2)26-22(29)28-20(23-10-9-19-6-5-11-30-19)27-21-24-16(3)13-17(4)25-21/h5-8,11-13H,9-10H2,1-4H3,(H3,23,24,25,26,27,28,29). The summed E-state index contributed by atoms with van der Waals surface area (Å²) in [7, 11) is 0. The molecule has 0 aliphatic carbocycles. The Morgan fingerprint density at radius 1 is 1.00 bits per heavy atom. The van der Waals surface area contributed by atoms with Crippen LogP contribution in [0.2, 0.25) is 0 Å². The van der Waals surface area contributed by atoms with Crippen LogP contribution in [0.5, 0.6) is 0 Å². The third-order valence-electron chi connectivity index (χ3n) is 4.42. The molecule has 0 amide bonds. The summed E-state index contributed by atoms with van der Waals surface area (Å²) in [5.74, 6) is 1.00. The molecule has 0 unspecified atom stereocenters. The van der Waals surface area contributed by atoms with E-state index >= 15 is 0 Å². The van der Waals surface area contributed by atoms with Crippen LogP contribution in [0.25, 0.3) is 0 Å². The minimum atomic E-state index is 0.449. The largest absolute Gasteiger partial charge is 0.332 e. The maximum absolute atomic E-state index is 5.50. The van der Waals surface area contributed by atoms with Gasteiger partial charge in [0.25, 0.3) is 0 Å². The predicted molar refractivity (Wildman–Crippen MR) is 131 cm³/mol. The molecule has 0 spiro atoms. The number of thiocarbonyl (C=S) groups is 1. The molecule has 0 atom stereocenters. The lowest BCUT2D eigenvalue weighted by Gasteiger charge is -2.15. The maximum atomic E-state index is 5.50. The smallest absolute Gasteiger partial charge is 0.229 e. The monoisotopic (exact) mass is 438 g/mol. The maximum Gasteiger partial charge on any atom is 0.229 e. The lowest BCUT2D eigenvalue weighted by Crippen LogP contribution is -2.39. The van der Waals surface area contributed by atoms with E-state index in [2.05, 4.69) is 68.3 Å². The first-order chi connectivity index (χ1) is 14.4. The third kappa shape index (κ3) is 6.60. The van der Waals surface area contributed by atoms with Crippen molar-refractivity contribution in [3.63, 3.8) is 0 Å². The lowest BCUT2D eigenvalue weighted by molar-refractivity contribution is 0.973. The summed E-state index contributed by atoms with van der Waals surface area (Å²) in [4.78, 5) is 14.8. The Hall–Kier alpha value is -2.84. The van der Waals surface area contributed by atoms with E-state index in [-0.39, 0.29) is 0 Å². The fourth-order valence-corrected chi connectivity index (χ4v) is 3.73. The third-order valence-corrected chi connectivity index (χ3v) is 5.56. The lowest BCUT2D eigenvalue weighted by atomic mass is 10.1. The number of aliphatic imine (C=N–C) groups is 1. The van der Waals surface area contributed by atoms with E-state index < -0.39 is 0 Å². The first kappa shape index (κ1) is 21.9. The molecule has 2 aromatic heterocycles. The van der Waals surface area contributed by atoms with Crippen molar-refractivity contribution in [2.45, 2.75) is 34.1 Å². The average Bonchev–Trinajstić information content (AvgIpc) is 3.17. The van der Waals surface area contributed by atoms with E-state index in [0.717, 1.165) is 23.5 Å². The van der Waals surface area contributed by atoms with Gasteiger partial charge in [-0.1, -0.05) is 12.1 Å². The van der Waals surface area contributed by atoms with Gasteiger partial charge in [-0.3, -0.25) is 10.3 Å². The van der Waals surface area contributed by atoms with Gasteiger partial charge in [0.15, 0.2) is 5.11 Å². The zero-order chi connectivity index (χ0) is 21.5. The second-order valence-corrected chi connectivity index (χ2v) is 8.48. The fraction of sp³-hybridized carbons (Fsp3) is 0.273. The summed E-state index contributed by atoms with van der Waals surface area (Å²) in [5, 5.41) is 12.1. The van der Waals surface area contributed by atoms with Crippen molar-refractivity contribution in [2.75, 3.05) is 17.2 Å². The fourth-order valence-electron chi connectivity index (χ4n) is 2.82. The number of nitrogens with one attached hydrogen (secondary N) is 3. The van der Waals surface area contributed by atoms with Crippen LogP contribution in [0.1, 0.15) is 27.4 Å². The SMILES string of the molecule is Cc1cc(C)nc(NC(=NCCc2cccs2)NC(=S)Nc2ccc(C)c(C)c2)n1. The quantitative estimate of drug-likeness (QED) is 0.303. The zero-order valence-corrected chi connectivity index (χ0v) is 19.2. The highest BCUT2D eigenvalue weighted by Crippen LogP contribution is 2.14. The molecule has 8 heteroatoms. The number of thiophene rings is 1. The molecule has 0 saturated carbocycles. The van der Waals surface area contributed by atoms with Crippen molar-refractivity contribution in [1.29, 1.82) is 0 Å². The Kier molecular flexibility index (Phi) is 7.48. The Morgan fingerprint density at radius 2 is 1.77 bits per heavy atom. The molecule has 3 rings (SSSR count). The molecule has 0 saturated heterocycles. The van der Waals surface area contributed by atoms with E-state index in [0.29, 0.717) is 23.6 Å². The molecule has 0 fully saturated rings. The van der Waals surface area contributed by atoms with Gasteiger partial charge in [0.05, 0.1) is 0 Å². The summed E-state index contributed by atoms with van der Waals surface area (Å²) in [6, 6.07) is 12.2. The Labute approximate surface area is 186 Å². The van der Waals surface area contributed by atoms with Gasteiger partial charge in [-0.15, -0.1) is 11.3 Å². The molecule has 1 aromatic carbocycles. The minimum Gasteiger partial charge on any atom is -0.332 e. The van der Waals surface area contributed by atoms with Crippen LogP contribution >= 0.6 is 23.6 Å². The van der Waals surface area contributed by atoms with E-state index in [1.165, 1.54) is 16.0 Å². The van der Waals surface area contributed by atoms with Gasteiger partial charge in [-0.05, 0) is 80.7 Å². The van der Waals surface area contributed by atoms with E-state index in [1.807, 2.05) is 32.0 Å². The second kappa shape index (κ2) is 10.3. The molecular weight excluding hydrogens is 412 g/mol. The van der Waals surface area contributed by atoms with E-state index in [4.69, 9.17) is 12.2 Å². The normalized spacial score (nSPS) is 11.3. The minimum absolute atomic E-state index is 0.449. The highest BCUT2D eigenvalue weighted by molar-refractivity contribution is 7.80. The molecular formula is C22H26N6S2. The van der Waals surface area contributed by atoms with Crippen molar-refractivity contribution >= 4 is 46.3 Å². The predicted octanol–water partition coefficient (Wildman–Crippen LogP) is 4.77. The van der Waals surface area contributed by atoms with Crippen LogP contribution in [0.4, 0.5) is 11.6 Å². The van der Waals surface area contributed by atoms with Crippen molar-refractivity contribution < 1.29 is 0 Å². The molecule has 2 heterocycles. The zero-order valence-electron chi connectivity index (χ0n) is 17.6. The molecule has 3 N–H and O–H groups in total. The molecule has 156 valence electrons. The van der Waals surface area contributed by atoms with Gasteiger partial charge in [0.2, 0.25) is 11.9 Å². The number of hydrogen-bond acceptors (Lipinski definition) is 5. The molecule has 0 aliphatic rings. The summed E-state index contributed by atoms with van der Waals surface area (Å²) >= 11 is 7.23. The molecule has 30 heavy (non-hydrogen) atoms. The number of anilines is 2. The number of nitrogens with zero attached hydrogens (tertiary/aromatic N) is 3. The van der Waals surface area contributed by atoms with Gasteiger partial charge in [0, 0.05) is 34.9 Å². The van der Waals surface area contributed by atoms with Gasteiger partial charge in [0.1, 0.15) is 0 Å². The second-order valence-electron chi connectivity index (χ2n) is 7.04. The average molecular weight is 439 g/mol. The van der Waals surface area contributed by atoms with Gasteiger partial charge >= 0.3 is 0 Å². The van der Waals surface area contributed by atoms with Gasteiger partial charge in [-0.25, -0.2) is 9.97 Å². The van der Waals surface area contributed by atoms with Crippen molar-refractivity contribution in [1.82, 2.24) is 15.3 Å².